The fourth-order valence-corrected chi connectivity index (χ4v) is 1.46. The molecule has 0 spiro atoms. The predicted molar refractivity (Wildman–Crippen MR) is 75.2 cm³/mol. The van der Waals surface area contributed by atoms with Crippen molar-refractivity contribution in [3.05, 3.63) is 0 Å². The zero-order chi connectivity index (χ0) is 13.3. The van der Waals surface area contributed by atoms with Crippen LogP contribution in [0.5, 0.6) is 0 Å². The quantitative estimate of drug-likeness (QED) is 0.600. The third kappa shape index (κ3) is 10.7. The number of hydrogen-bond acceptors (Lipinski definition) is 3. The molecule has 0 bridgehead atoms. The van der Waals surface area contributed by atoms with E-state index in [-0.39, 0.29) is 0 Å². The number of nitrogens with two attached hydrogens (primary N) is 1. The van der Waals surface area contributed by atoms with Crippen molar-refractivity contribution in [2.45, 2.75) is 46.6 Å². The molecule has 0 aliphatic carbocycles. The van der Waals surface area contributed by atoms with Crippen LogP contribution in [0.25, 0.3) is 0 Å². The van der Waals surface area contributed by atoms with Crippen LogP contribution in [-0.4, -0.2) is 44.3 Å². The largest absolute Gasteiger partial charge is 0.380 e. The first-order chi connectivity index (χ1) is 7.93. The fraction of sp³-hybridized carbons (Fsp3) is 1.00. The molecule has 0 aliphatic rings. The Balaban J connectivity index is 3.37. The molecule has 0 aliphatic heterocycles. The highest BCUT2D eigenvalue weighted by molar-refractivity contribution is 4.67. The van der Waals surface area contributed by atoms with Gasteiger partial charge < -0.3 is 15.4 Å². The van der Waals surface area contributed by atoms with Crippen LogP contribution in [0.15, 0.2) is 0 Å². The van der Waals surface area contributed by atoms with E-state index in [0.29, 0.717) is 12.0 Å². The van der Waals surface area contributed by atoms with Crippen LogP contribution in [0.3, 0.4) is 0 Å². The lowest BCUT2D eigenvalue weighted by Gasteiger charge is -2.21. The molecule has 3 nitrogen and oxygen atoms in total. The van der Waals surface area contributed by atoms with E-state index < -0.39 is 0 Å². The van der Waals surface area contributed by atoms with Gasteiger partial charge in [-0.25, -0.2) is 0 Å². The molecule has 0 rings (SSSR count). The zero-order valence-electron chi connectivity index (χ0n) is 12.4. The molecule has 0 aromatic rings. The normalized spacial score (nSPS) is 13.9. The van der Waals surface area contributed by atoms with Gasteiger partial charge in [-0.2, -0.15) is 0 Å². The molecule has 0 aromatic heterocycles. The second kappa shape index (κ2) is 9.86. The third-order valence-corrected chi connectivity index (χ3v) is 3.16. The maximum atomic E-state index is 6.02. The highest BCUT2D eigenvalue weighted by Gasteiger charge is 2.08. The number of rotatable bonds is 10. The summed E-state index contributed by atoms with van der Waals surface area (Å²) < 4.78 is 5.60. The molecule has 104 valence electrons. The fourth-order valence-electron chi connectivity index (χ4n) is 1.46. The Morgan fingerprint density at radius 2 is 1.65 bits per heavy atom. The Morgan fingerprint density at radius 3 is 2.18 bits per heavy atom. The van der Waals surface area contributed by atoms with Crippen LogP contribution in [0.2, 0.25) is 0 Å². The highest BCUT2D eigenvalue weighted by atomic mass is 16.5. The molecule has 0 saturated heterocycles. The van der Waals surface area contributed by atoms with Crippen molar-refractivity contribution in [2.24, 2.45) is 17.6 Å². The van der Waals surface area contributed by atoms with Crippen LogP contribution in [0, 0.1) is 11.8 Å². The van der Waals surface area contributed by atoms with E-state index in [1.54, 1.807) is 0 Å². The van der Waals surface area contributed by atoms with Gasteiger partial charge in [0.25, 0.3) is 0 Å². The predicted octanol–water partition coefficient (Wildman–Crippen LogP) is 2.35. The molecule has 17 heavy (non-hydrogen) atoms. The van der Waals surface area contributed by atoms with Crippen molar-refractivity contribution in [2.75, 3.05) is 33.4 Å². The summed E-state index contributed by atoms with van der Waals surface area (Å²) >= 11 is 0. The maximum Gasteiger partial charge on any atom is 0.0593 e. The second-order valence-corrected chi connectivity index (χ2v) is 5.79. The summed E-state index contributed by atoms with van der Waals surface area (Å²) in [6, 6.07) is 0.319. The van der Waals surface area contributed by atoms with Gasteiger partial charge in [-0.1, -0.05) is 27.7 Å². The second-order valence-electron chi connectivity index (χ2n) is 5.79. The molecule has 0 heterocycles. The Hall–Kier alpha value is -0.120. The van der Waals surface area contributed by atoms with Crippen LogP contribution in [0.1, 0.15) is 40.5 Å². The van der Waals surface area contributed by atoms with E-state index in [0.717, 1.165) is 45.1 Å². The van der Waals surface area contributed by atoms with Crippen molar-refractivity contribution in [1.82, 2.24) is 4.90 Å². The minimum Gasteiger partial charge on any atom is -0.380 e. The smallest absolute Gasteiger partial charge is 0.0593 e. The number of hydrogen-bond donors (Lipinski definition) is 1. The van der Waals surface area contributed by atoms with Gasteiger partial charge in [0.05, 0.1) is 6.61 Å². The van der Waals surface area contributed by atoms with E-state index in [4.69, 9.17) is 10.5 Å². The summed E-state index contributed by atoms with van der Waals surface area (Å²) in [6.07, 6.45) is 2.22. The van der Waals surface area contributed by atoms with Gasteiger partial charge in [0, 0.05) is 19.2 Å². The monoisotopic (exact) mass is 244 g/mol. The Labute approximate surface area is 108 Å². The average Bonchev–Trinajstić information content (AvgIpc) is 2.24. The van der Waals surface area contributed by atoms with Gasteiger partial charge in [0.1, 0.15) is 0 Å². The number of likely N-dealkylation sites (N-methyl/N-ethyl adjacent to an activating group) is 1. The zero-order valence-corrected chi connectivity index (χ0v) is 12.4. The lowest BCUT2D eigenvalue weighted by Crippen LogP contribution is -2.33. The van der Waals surface area contributed by atoms with E-state index in [2.05, 4.69) is 39.6 Å². The van der Waals surface area contributed by atoms with E-state index in [9.17, 15) is 0 Å². The Kier molecular flexibility index (Phi) is 9.79. The minimum atomic E-state index is 0.319. The highest BCUT2D eigenvalue weighted by Crippen LogP contribution is 2.03. The Bertz CT molecular complexity index is 172. The third-order valence-electron chi connectivity index (χ3n) is 3.16. The number of nitrogens with zero attached hydrogens (tertiary/aromatic N) is 1. The maximum absolute atomic E-state index is 6.02. The van der Waals surface area contributed by atoms with Gasteiger partial charge in [-0.05, 0) is 38.3 Å². The molecule has 3 heteroatoms. The molecule has 0 saturated carbocycles. The molecular formula is C14H32N2O. The van der Waals surface area contributed by atoms with E-state index in [1.165, 1.54) is 0 Å². The SMILES string of the molecule is CC(C)CCOCCN(C)CCC(N)C(C)C. The van der Waals surface area contributed by atoms with Crippen LogP contribution in [-0.2, 0) is 4.74 Å². The molecule has 0 amide bonds. The van der Waals surface area contributed by atoms with Crippen LogP contribution >= 0.6 is 0 Å². The molecule has 0 fully saturated rings. The van der Waals surface area contributed by atoms with Crippen molar-refractivity contribution < 1.29 is 4.74 Å². The lowest BCUT2D eigenvalue weighted by atomic mass is 10.0. The summed E-state index contributed by atoms with van der Waals surface area (Å²) in [4.78, 5) is 2.30. The average molecular weight is 244 g/mol. The van der Waals surface area contributed by atoms with Crippen molar-refractivity contribution in [3.63, 3.8) is 0 Å². The van der Waals surface area contributed by atoms with E-state index in [1.807, 2.05) is 0 Å². The van der Waals surface area contributed by atoms with Crippen LogP contribution < -0.4 is 5.73 Å². The molecule has 1 atom stereocenters. The number of ether oxygens (including phenoxy) is 1. The lowest BCUT2D eigenvalue weighted by molar-refractivity contribution is 0.102. The van der Waals surface area contributed by atoms with Gasteiger partial charge in [-0.3, -0.25) is 0 Å². The molecule has 1 unspecified atom stereocenters. The topological polar surface area (TPSA) is 38.5 Å². The first-order valence-electron chi connectivity index (χ1n) is 6.95. The summed E-state index contributed by atoms with van der Waals surface area (Å²) in [7, 11) is 2.14. The summed E-state index contributed by atoms with van der Waals surface area (Å²) in [5.41, 5.74) is 6.02. The molecule has 0 radical (unpaired) electrons. The van der Waals surface area contributed by atoms with Gasteiger partial charge in [-0.15, -0.1) is 0 Å². The van der Waals surface area contributed by atoms with Crippen molar-refractivity contribution in [3.8, 4) is 0 Å². The van der Waals surface area contributed by atoms with Crippen molar-refractivity contribution in [1.29, 1.82) is 0 Å². The Morgan fingerprint density at radius 1 is 1.00 bits per heavy atom. The summed E-state index contributed by atoms with van der Waals surface area (Å²) in [5, 5.41) is 0. The van der Waals surface area contributed by atoms with E-state index >= 15 is 0 Å². The minimum absolute atomic E-state index is 0.319. The van der Waals surface area contributed by atoms with Gasteiger partial charge in [0.2, 0.25) is 0 Å². The van der Waals surface area contributed by atoms with Gasteiger partial charge >= 0.3 is 0 Å². The standard InChI is InChI=1S/C14H32N2O/c1-12(2)7-10-17-11-9-16(5)8-6-14(15)13(3)4/h12-14H,6-11,15H2,1-5H3. The van der Waals surface area contributed by atoms with Crippen molar-refractivity contribution >= 4 is 0 Å². The molecule has 0 aromatic carbocycles. The first kappa shape index (κ1) is 16.9. The van der Waals surface area contributed by atoms with Crippen LogP contribution in [0.4, 0.5) is 0 Å². The summed E-state index contributed by atoms with van der Waals surface area (Å²) in [5.74, 6) is 1.31. The molecule has 2 N–H and O–H groups in total. The van der Waals surface area contributed by atoms with Gasteiger partial charge in [0.15, 0.2) is 0 Å². The first-order valence-corrected chi connectivity index (χ1v) is 6.95. The molecular weight excluding hydrogens is 212 g/mol. The summed E-state index contributed by atoms with van der Waals surface area (Å²) in [6.45, 7) is 12.6.